The summed E-state index contributed by atoms with van der Waals surface area (Å²) in [6.07, 6.45) is -0.224. The van der Waals surface area contributed by atoms with Crippen molar-refractivity contribution in [2.24, 2.45) is 7.05 Å². The molecule has 2 heterocycles. The second-order valence-electron chi connectivity index (χ2n) is 3.91. The molecule has 0 fully saturated rings. The predicted molar refractivity (Wildman–Crippen MR) is 59.8 cm³/mol. The van der Waals surface area contributed by atoms with Gasteiger partial charge in [0, 0.05) is 5.75 Å². The normalized spacial score (nSPS) is 20.5. The maximum absolute atomic E-state index is 9.67. The number of aliphatic hydroxyl groups excluding tert-OH is 1. The van der Waals surface area contributed by atoms with Crippen LogP contribution in [-0.4, -0.2) is 21.5 Å². The van der Waals surface area contributed by atoms with Crippen LogP contribution >= 0.6 is 11.8 Å². The lowest BCUT2D eigenvalue weighted by atomic mass is 10.3. The van der Waals surface area contributed by atoms with Crippen LogP contribution < -0.4 is 4.57 Å². The van der Waals surface area contributed by atoms with Crippen molar-refractivity contribution in [3.63, 3.8) is 0 Å². The van der Waals surface area contributed by atoms with Gasteiger partial charge >= 0.3 is 5.16 Å². The van der Waals surface area contributed by atoms with Crippen molar-refractivity contribution >= 4 is 22.8 Å². The molecule has 0 spiro atoms. The van der Waals surface area contributed by atoms with Crippen molar-refractivity contribution in [1.82, 2.24) is 4.57 Å². The second kappa shape index (κ2) is 3.25. The fraction of sp³-hybridized carbons (Fsp3) is 0.364. The fourth-order valence-electron chi connectivity index (χ4n) is 2.15. The van der Waals surface area contributed by atoms with Gasteiger partial charge in [0.1, 0.15) is 12.6 Å². The van der Waals surface area contributed by atoms with Gasteiger partial charge in [-0.1, -0.05) is 12.1 Å². The molecule has 1 aliphatic rings. The number of aryl methyl sites for hydroxylation is 1. The van der Waals surface area contributed by atoms with Gasteiger partial charge in [-0.15, -0.1) is 0 Å². The van der Waals surface area contributed by atoms with Gasteiger partial charge in [0.25, 0.3) is 0 Å². The topological polar surface area (TPSA) is 29.0 Å². The molecule has 15 heavy (non-hydrogen) atoms. The molecule has 1 aliphatic heterocycles. The molecule has 1 aromatic heterocycles. The molecule has 1 atom stereocenters. The summed E-state index contributed by atoms with van der Waals surface area (Å²) in [5, 5.41) is 10.9. The quantitative estimate of drug-likeness (QED) is 0.671. The molecule has 1 aromatic carbocycles. The summed E-state index contributed by atoms with van der Waals surface area (Å²) in [6.45, 7) is 0.712. The molecule has 0 saturated heterocycles. The molecule has 0 saturated carbocycles. The molecule has 0 radical (unpaired) electrons. The van der Waals surface area contributed by atoms with E-state index in [1.54, 1.807) is 11.8 Å². The van der Waals surface area contributed by atoms with Gasteiger partial charge in [-0.3, -0.25) is 0 Å². The van der Waals surface area contributed by atoms with Crippen LogP contribution in [-0.2, 0) is 13.6 Å². The zero-order chi connectivity index (χ0) is 10.4. The first-order chi connectivity index (χ1) is 7.27. The summed E-state index contributed by atoms with van der Waals surface area (Å²) >= 11 is 1.73. The average molecular weight is 221 g/mol. The van der Waals surface area contributed by atoms with Crippen LogP contribution in [0.25, 0.3) is 11.0 Å². The summed E-state index contributed by atoms with van der Waals surface area (Å²) < 4.78 is 4.40. The minimum atomic E-state index is -0.224. The van der Waals surface area contributed by atoms with Crippen LogP contribution in [0.3, 0.4) is 0 Å². The number of nitrogens with zero attached hydrogens (tertiary/aromatic N) is 2. The number of rotatable bonds is 0. The molecule has 0 bridgehead atoms. The number of benzene rings is 1. The molecule has 4 heteroatoms. The lowest BCUT2D eigenvalue weighted by Crippen LogP contribution is -2.34. The van der Waals surface area contributed by atoms with E-state index < -0.39 is 0 Å². The van der Waals surface area contributed by atoms with Crippen LogP contribution in [0.2, 0.25) is 0 Å². The van der Waals surface area contributed by atoms with E-state index in [1.165, 1.54) is 16.2 Å². The lowest BCUT2D eigenvalue weighted by molar-refractivity contribution is -0.685. The smallest absolute Gasteiger partial charge is 0.318 e. The Morgan fingerprint density at radius 2 is 2.27 bits per heavy atom. The van der Waals surface area contributed by atoms with Crippen molar-refractivity contribution in [1.29, 1.82) is 0 Å². The summed E-state index contributed by atoms with van der Waals surface area (Å²) in [7, 11) is 2.08. The van der Waals surface area contributed by atoms with Crippen LogP contribution in [0.4, 0.5) is 0 Å². The number of hydrogen-bond acceptors (Lipinski definition) is 2. The van der Waals surface area contributed by atoms with Gasteiger partial charge in [-0.25, -0.2) is 9.13 Å². The van der Waals surface area contributed by atoms with Crippen molar-refractivity contribution in [3.8, 4) is 0 Å². The van der Waals surface area contributed by atoms with Crippen LogP contribution in [0, 0.1) is 0 Å². The Balaban J connectivity index is 2.33. The standard InChI is InChI=1S/C11H13N2OS/c1-12-9-4-2-3-5-10(9)13-6-8(14)7-15-11(12)13/h2-5,8,14H,6-7H2,1H3/q+1/t8-/m0/s1. The molecule has 1 N–H and O–H groups in total. The molecule has 3 rings (SSSR count). The van der Waals surface area contributed by atoms with E-state index in [1.807, 2.05) is 6.07 Å². The molecule has 78 valence electrons. The maximum atomic E-state index is 9.67. The first-order valence-electron chi connectivity index (χ1n) is 5.05. The Labute approximate surface area is 92.3 Å². The third-order valence-corrected chi connectivity index (χ3v) is 4.15. The Kier molecular flexibility index (Phi) is 2.00. The Morgan fingerprint density at radius 3 is 3.13 bits per heavy atom. The first-order valence-corrected chi connectivity index (χ1v) is 6.04. The van der Waals surface area contributed by atoms with Crippen LogP contribution in [0.15, 0.2) is 29.4 Å². The SMILES string of the molecule is C[n+]1c2n(c3ccccc31)C[C@H](O)CS2. The molecule has 2 aromatic rings. The highest BCUT2D eigenvalue weighted by Crippen LogP contribution is 2.27. The fourth-order valence-corrected chi connectivity index (χ4v) is 3.22. The van der Waals surface area contributed by atoms with Crippen LogP contribution in [0.5, 0.6) is 0 Å². The largest absolute Gasteiger partial charge is 0.388 e. The number of fused-ring (bicyclic) bond motifs is 3. The van der Waals surface area contributed by atoms with Crippen molar-refractivity contribution in [3.05, 3.63) is 24.3 Å². The highest BCUT2D eigenvalue weighted by molar-refractivity contribution is 7.99. The minimum Gasteiger partial charge on any atom is -0.388 e. The number of imidazole rings is 1. The van der Waals surface area contributed by atoms with E-state index in [0.29, 0.717) is 6.54 Å². The highest BCUT2D eigenvalue weighted by Gasteiger charge is 2.29. The Morgan fingerprint density at radius 1 is 1.47 bits per heavy atom. The van der Waals surface area contributed by atoms with Gasteiger partial charge < -0.3 is 5.11 Å². The first kappa shape index (κ1) is 9.24. The third kappa shape index (κ3) is 1.28. The van der Waals surface area contributed by atoms with Crippen LogP contribution in [0.1, 0.15) is 0 Å². The molecule has 0 unspecified atom stereocenters. The molecular weight excluding hydrogens is 208 g/mol. The Bertz CT molecular complexity index is 521. The number of hydrogen-bond donors (Lipinski definition) is 1. The van der Waals surface area contributed by atoms with E-state index in [4.69, 9.17) is 0 Å². The molecule has 3 nitrogen and oxygen atoms in total. The third-order valence-electron chi connectivity index (χ3n) is 2.85. The van der Waals surface area contributed by atoms with E-state index in [9.17, 15) is 5.11 Å². The van der Waals surface area contributed by atoms with E-state index in [-0.39, 0.29) is 6.10 Å². The Hall–Kier alpha value is -1.00. The monoisotopic (exact) mass is 221 g/mol. The summed E-state index contributed by atoms with van der Waals surface area (Å²) in [5.41, 5.74) is 2.44. The zero-order valence-electron chi connectivity index (χ0n) is 8.55. The summed E-state index contributed by atoms with van der Waals surface area (Å²) in [4.78, 5) is 0. The molecule has 0 amide bonds. The van der Waals surface area contributed by atoms with E-state index in [0.717, 1.165) is 5.75 Å². The lowest BCUT2D eigenvalue weighted by Gasteiger charge is -2.13. The average Bonchev–Trinajstić information content (AvgIpc) is 2.54. The second-order valence-corrected chi connectivity index (χ2v) is 4.89. The van der Waals surface area contributed by atoms with Crippen molar-refractivity contribution in [2.45, 2.75) is 17.8 Å². The van der Waals surface area contributed by atoms with Gasteiger partial charge in [0.05, 0.1) is 7.05 Å². The molecule has 0 aliphatic carbocycles. The summed E-state index contributed by atoms with van der Waals surface area (Å²) in [6, 6.07) is 8.32. The number of aromatic nitrogens is 2. The highest BCUT2D eigenvalue weighted by atomic mass is 32.2. The zero-order valence-corrected chi connectivity index (χ0v) is 9.37. The van der Waals surface area contributed by atoms with Gasteiger partial charge in [0.15, 0.2) is 11.0 Å². The predicted octanol–water partition coefficient (Wildman–Crippen LogP) is 0.932. The van der Waals surface area contributed by atoms with E-state index >= 15 is 0 Å². The van der Waals surface area contributed by atoms with Crippen molar-refractivity contribution < 1.29 is 9.67 Å². The minimum absolute atomic E-state index is 0.224. The molecular formula is C11H13N2OS+. The number of aliphatic hydroxyl groups is 1. The van der Waals surface area contributed by atoms with E-state index in [2.05, 4.69) is 34.4 Å². The van der Waals surface area contributed by atoms with Gasteiger partial charge in [0.2, 0.25) is 0 Å². The number of para-hydroxylation sites is 2. The maximum Gasteiger partial charge on any atom is 0.318 e. The number of thioether (sulfide) groups is 1. The summed E-state index contributed by atoms with van der Waals surface area (Å²) in [5.74, 6) is 0.796. The van der Waals surface area contributed by atoms with Crippen molar-refractivity contribution in [2.75, 3.05) is 5.75 Å². The van der Waals surface area contributed by atoms with Gasteiger partial charge in [-0.2, -0.15) is 0 Å². The van der Waals surface area contributed by atoms with Gasteiger partial charge in [-0.05, 0) is 23.9 Å².